The molecule has 1 amide bonds. The first-order chi connectivity index (χ1) is 9.66. The highest BCUT2D eigenvalue weighted by Gasteiger charge is 2.39. The van der Waals surface area contributed by atoms with Crippen molar-refractivity contribution < 1.29 is 18.7 Å². The molecular formula is C15H26F2N2O2. The highest BCUT2D eigenvalue weighted by molar-refractivity contribution is 5.79. The fraction of sp³-hybridized carbons (Fsp3) is 0.933. The summed E-state index contributed by atoms with van der Waals surface area (Å²) in [5, 5.41) is 9.80. The van der Waals surface area contributed by atoms with E-state index < -0.39 is 11.5 Å². The molecule has 1 aliphatic heterocycles. The van der Waals surface area contributed by atoms with Gasteiger partial charge in [-0.2, -0.15) is 0 Å². The Morgan fingerprint density at radius 1 is 1.19 bits per heavy atom. The van der Waals surface area contributed by atoms with E-state index in [-0.39, 0.29) is 24.7 Å². The Labute approximate surface area is 125 Å². The fourth-order valence-electron chi connectivity index (χ4n) is 3.22. The number of hydrogen-bond acceptors (Lipinski definition) is 3. The van der Waals surface area contributed by atoms with Gasteiger partial charge in [0.25, 0.3) is 0 Å². The van der Waals surface area contributed by atoms with Gasteiger partial charge >= 0.3 is 0 Å². The zero-order chi connectivity index (χ0) is 15.7. The topological polar surface area (TPSA) is 43.8 Å². The van der Waals surface area contributed by atoms with Crippen molar-refractivity contribution in [2.24, 2.45) is 5.92 Å². The zero-order valence-electron chi connectivity index (χ0n) is 12.9. The van der Waals surface area contributed by atoms with Crippen LogP contribution in [0.15, 0.2) is 0 Å². The van der Waals surface area contributed by atoms with Gasteiger partial charge < -0.3 is 10.0 Å². The molecule has 0 aromatic heterocycles. The molecule has 4 nitrogen and oxygen atoms in total. The Hall–Kier alpha value is -0.750. The summed E-state index contributed by atoms with van der Waals surface area (Å²) in [6, 6.07) is 0. The number of hydrogen-bond donors (Lipinski definition) is 1. The quantitative estimate of drug-likeness (QED) is 0.863. The molecule has 2 rings (SSSR count). The lowest BCUT2D eigenvalue weighted by Gasteiger charge is -2.39. The Morgan fingerprint density at radius 3 is 2.19 bits per heavy atom. The first kappa shape index (κ1) is 16.6. The minimum atomic E-state index is -2.58. The molecule has 1 aliphatic carbocycles. The lowest BCUT2D eigenvalue weighted by Crippen LogP contribution is -2.53. The number of aliphatic hydroxyl groups is 1. The molecule has 0 unspecified atom stereocenters. The lowest BCUT2D eigenvalue weighted by atomic mass is 9.86. The number of carbonyl (C=O) groups is 1. The van der Waals surface area contributed by atoms with E-state index in [1.165, 1.54) is 0 Å². The molecule has 0 radical (unpaired) electrons. The van der Waals surface area contributed by atoms with Gasteiger partial charge in [-0.25, -0.2) is 8.78 Å². The number of β-amino-alcohol motifs (C(OH)–C–C–N with tert-alkyl or cyclic N) is 1. The Morgan fingerprint density at radius 2 is 1.71 bits per heavy atom. The van der Waals surface area contributed by atoms with E-state index in [1.54, 1.807) is 18.7 Å². The zero-order valence-corrected chi connectivity index (χ0v) is 12.9. The maximum Gasteiger partial charge on any atom is 0.248 e. The first-order valence-corrected chi connectivity index (χ1v) is 7.78. The van der Waals surface area contributed by atoms with Crippen LogP contribution in [0, 0.1) is 5.92 Å². The molecule has 21 heavy (non-hydrogen) atoms. The van der Waals surface area contributed by atoms with Crippen LogP contribution in [0.25, 0.3) is 0 Å². The maximum atomic E-state index is 13.1. The van der Waals surface area contributed by atoms with Crippen LogP contribution in [0.3, 0.4) is 0 Å². The van der Waals surface area contributed by atoms with Crippen LogP contribution in [0.4, 0.5) is 8.78 Å². The van der Waals surface area contributed by atoms with Crippen molar-refractivity contribution >= 4 is 5.91 Å². The van der Waals surface area contributed by atoms with Crippen molar-refractivity contribution in [3.63, 3.8) is 0 Å². The molecule has 2 fully saturated rings. The average molecular weight is 304 g/mol. The fourth-order valence-corrected chi connectivity index (χ4v) is 3.22. The molecular weight excluding hydrogens is 278 g/mol. The summed E-state index contributed by atoms with van der Waals surface area (Å²) in [7, 11) is 0. The van der Waals surface area contributed by atoms with Crippen LogP contribution in [0.1, 0.15) is 39.5 Å². The van der Waals surface area contributed by atoms with Crippen LogP contribution < -0.4 is 0 Å². The second kappa shape index (κ2) is 6.16. The van der Waals surface area contributed by atoms with Gasteiger partial charge in [0.05, 0.1) is 5.60 Å². The summed E-state index contributed by atoms with van der Waals surface area (Å²) in [6.07, 6.45) is 0.273. The molecule has 1 heterocycles. The molecule has 2 aliphatic rings. The average Bonchev–Trinajstić information content (AvgIpc) is 2.37. The van der Waals surface area contributed by atoms with E-state index in [9.17, 15) is 18.7 Å². The largest absolute Gasteiger partial charge is 0.389 e. The van der Waals surface area contributed by atoms with Gasteiger partial charge in [0.15, 0.2) is 0 Å². The van der Waals surface area contributed by atoms with Gasteiger partial charge in [-0.1, -0.05) is 0 Å². The first-order valence-electron chi connectivity index (χ1n) is 7.78. The van der Waals surface area contributed by atoms with E-state index in [1.807, 2.05) is 0 Å². The molecule has 1 N–H and O–H groups in total. The summed E-state index contributed by atoms with van der Waals surface area (Å²) in [5.41, 5.74) is -0.735. The number of piperazine rings is 1. The monoisotopic (exact) mass is 304 g/mol. The standard InChI is InChI=1S/C15H26F2N2O2/c1-14(2,21)11-18-7-9-19(10-8-18)13(20)12-3-5-15(16,17)6-4-12/h12,21H,3-11H2,1-2H3. The molecule has 1 saturated carbocycles. The number of carbonyl (C=O) groups excluding carboxylic acids is 1. The highest BCUT2D eigenvalue weighted by Crippen LogP contribution is 2.36. The molecule has 0 spiro atoms. The summed E-state index contributed by atoms with van der Waals surface area (Å²) in [5.74, 6) is -2.78. The van der Waals surface area contributed by atoms with Crippen molar-refractivity contribution in [2.75, 3.05) is 32.7 Å². The smallest absolute Gasteiger partial charge is 0.248 e. The van der Waals surface area contributed by atoms with Gasteiger partial charge in [-0.3, -0.25) is 9.69 Å². The van der Waals surface area contributed by atoms with Gasteiger partial charge in [-0.05, 0) is 26.7 Å². The summed E-state index contributed by atoms with van der Waals surface area (Å²) in [6.45, 7) is 6.85. The second-order valence-electron chi connectivity index (χ2n) is 7.04. The van der Waals surface area contributed by atoms with Gasteiger partial charge in [0, 0.05) is 51.5 Å². The number of halogens is 2. The van der Waals surface area contributed by atoms with Crippen molar-refractivity contribution in [2.45, 2.75) is 51.1 Å². The van der Waals surface area contributed by atoms with E-state index >= 15 is 0 Å². The van der Waals surface area contributed by atoms with E-state index in [0.29, 0.717) is 32.5 Å². The molecule has 0 aromatic carbocycles. The molecule has 122 valence electrons. The molecule has 6 heteroatoms. The number of nitrogens with zero attached hydrogens (tertiary/aromatic N) is 2. The van der Waals surface area contributed by atoms with Crippen LogP contribution in [0.5, 0.6) is 0 Å². The van der Waals surface area contributed by atoms with Crippen molar-refractivity contribution in [1.82, 2.24) is 9.80 Å². The Balaban J connectivity index is 1.78. The third-order valence-corrected chi connectivity index (χ3v) is 4.36. The lowest BCUT2D eigenvalue weighted by molar-refractivity contribution is -0.141. The summed E-state index contributed by atoms with van der Waals surface area (Å²) >= 11 is 0. The Bertz CT molecular complexity index is 364. The molecule has 1 saturated heterocycles. The predicted molar refractivity (Wildman–Crippen MR) is 76.2 cm³/mol. The second-order valence-corrected chi connectivity index (χ2v) is 7.04. The van der Waals surface area contributed by atoms with Crippen LogP contribution >= 0.6 is 0 Å². The number of amides is 1. The van der Waals surface area contributed by atoms with Crippen molar-refractivity contribution in [3.05, 3.63) is 0 Å². The van der Waals surface area contributed by atoms with Crippen molar-refractivity contribution in [3.8, 4) is 0 Å². The molecule has 0 bridgehead atoms. The minimum Gasteiger partial charge on any atom is -0.389 e. The summed E-state index contributed by atoms with van der Waals surface area (Å²) < 4.78 is 26.3. The van der Waals surface area contributed by atoms with E-state index in [4.69, 9.17) is 0 Å². The normalized spacial score (nSPS) is 25.1. The SMILES string of the molecule is CC(C)(O)CN1CCN(C(=O)C2CCC(F)(F)CC2)CC1. The highest BCUT2D eigenvalue weighted by atomic mass is 19.3. The Kier molecular flexibility index (Phi) is 4.88. The predicted octanol–water partition coefficient (Wildman–Crippen LogP) is 1.73. The van der Waals surface area contributed by atoms with Gasteiger partial charge in [0.2, 0.25) is 11.8 Å². The number of alkyl halides is 2. The minimum absolute atomic E-state index is 0.0356. The molecule has 0 aromatic rings. The molecule has 0 atom stereocenters. The maximum absolute atomic E-state index is 13.1. The summed E-state index contributed by atoms with van der Waals surface area (Å²) in [4.78, 5) is 16.3. The van der Waals surface area contributed by atoms with Gasteiger partial charge in [0.1, 0.15) is 0 Å². The third kappa shape index (κ3) is 4.88. The van der Waals surface area contributed by atoms with E-state index in [2.05, 4.69) is 4.90 Å². The number of rotatable bonds is 3. The van der Waals surface area contributed by atoms with Crippen molar-refractivity contribution in [1.29, 1.82) is 0 Å². The van der Waals surface area contributed by atoms with Crippen LogP contribution in [-0.4, -0.2) is 65.1 Å². The van der Waals surface area contributed by atoms with Crippen LogP contribution in [0.2, 0.25) is 0 Å². The van der Waals surface area contributed by atoms with Crippen LogP contribution in [-0.2, 0) is 4.79 Å². The third-order valence-electron chi connectivity index (χ3n) is 4.36. The van der Waals surface area contributed by atoms with Gasteiger partial charge in [-0.15, -0.1) is 0 Å². The van der Waals surface area contributed by atoms with E-state index in [0.717, 1.165) is 13.1 Å².